The van der Waals surface area contributed by atoms with Gasteiger partial charge in [-0.1, -0.05) is 6.42 Å². The lowest BCUT2D eigenvalue weighted by Crippen LogP contribution is -2.35. The highest BCUT2D eigenvalue weighted by Crippen LogP contribution is 2.36. The van der Waals surface area contributed by atoms with E-state index in [1.165, 1.54) is 43.6 Å². The molecule has 1 heterocycles. The van der Waals surface area contributed by atoms with Crippen molar-refractivity contribution in [3.05, 3.63) is 0 Å². The van der Waals surface area contributed by atoms with Gasteiger partial charge in [0, 0.05) is 0 Å². The van der Waals surface area contributed by atoms with E-state index in [0.29, 0.717) is 11.8 Å². The number of hydrogen-bond donors (Lipinski definition) is 1. The fraction of sp³-hybridized carbons (Fsp3) is 1.00. The van der Waals surface area contributed by atoms with Crippen LogP contribution in [0.4, 0.5) is 0 Å². The Balaban J connectivity index is 1.80. The van der Waals surface area contributed by atoms with Gasteiger partial charge in [0.2, 0.25) is 0 Å². The third-order valence-corrected chi connectivity index (χ3v) is 4.55. The maximum Gasteiger partial charge on any atom is 0.0604 e. The fourth-order valence-corrected chi connectivity index (χ4v) is 3.41. The summed E-state index contributed by atoms with van der Waals surface area (Å²) in [6.07, 6.45) is 6.53. The summed E-state index contributed by atoms with van der Waals surface area (Å²) in [6, 6.07) is 0. The van der Waals surface area contributed by atoms with Crippen molar-refractivity contribution in [1.29, 1.82) is 0 Å². The summed E-state index contributed by atoms with van der Waals surface area (Å²) in [4.78, 5) is 0. The summed E-state index contributed by atoms with van der Waals surface area (Å²) in [5.41, 5.74) is 0. The second-order valence-corrected chi connectivity index (χ2v) is 5.31. The summed E-state index contributed by atoms with van der Waals surface area (Å²) in [5, 5.41) is 9.98. The molecule has 0 spiro atoms. The van der Waals surface area contributed by atoms with Crippen molar-refractivity contribution in [2.75, 3.05) is 11.5 Å². The van der Waals surface area contributed by atoms with E-state index in [0.717, 1.165) is 0 Å². The molecule has 1 N–H and O–H groups in total. The Morgan fingerprint density at radius 2 is 1.83 bits per heavy atom. The van der Waals surface area contributed by atoms with Gasteiger partial charge in [0.1, 0.15) is 0 Å². The van der Waals surface area contributed by atoms with Crippen molar-refractivity contribution in [2.45, 2.75) is 38.2 Å². The van der Waals surface area contributed by atoms with Gasteiger partial charge < -0.3 is 5.11 Å². The molecule has 2 fully saturated rings. The minimum atomic E-state index is 0.0338. The molecule has 2 aliphatic rings. The standard InChI is InChI=1S/C10H18OS/c11-10(8-3-1-4-8)9-5-2-6-12-7-9/h8-11H,1-7H2. The predicted octanol–water partition coefficient (Wildman–Crippen LogP) is 2.29. The lowest BCUT2D eigenvalue weighted by Gasteiger charge is -2.36. The summed E-state index contributed by atoms with van der Waals surface area (Å²) in [7, 11) is 0. The third kappa shape index (κ3) is 1.80. The monoisotopic (exact) mass is 186 g/mol. The summed E-state index contributed by atoms with van der Waals surface area (Å²) < 4.78 is 0. The molecule has 1 aliphatic heterocycles. The van der Waals surface area contributed by atoms with Crippen molar-refractivity contribution in [1.82, 2.24) is 0 Å². The van der Waals surface area contributed by atoms with Gasteiger partial charge in [0.15, 0.2) is 0 Å². The van der Waals surface area contributed by atoms with E-state index in [2.05, 4.69) is 0 Å². The van der Waals surface area contributed by atoms with Crippen LogP contribution in [0, 0.1) is 11.8 Å². The fourth-order valence-electron chi connectivity index (χ4n) is 2.20. The van der Waals surface area contributed by atoms with E-state index in [4.69, 9.17) is 0 Å². The van der Waals surface area contributed by atoms with Crippen molar-refractivity contribution in [2.24, 2.45) is 11.8 Å². The van der Waals surface area contributed by atoms with Crippen LogP contribution in [0.3, 0.4) is 0 Å². The van der Waals surface area contributed by atoms with Crippen molar-refractivity contribution < 1.29 is 5.11 Å². The van der Waals surface area contributed by atoms with Gasteiger partial charge in [-0.25, -0.2) is 0 Å². The molecule has 0 aromatic carbocycles. The van der Waals surface area contributed by atoms with E-state index in [9.17, 15) is 5.11 Å². The zero-order valence-electron chi connectivity index (χ0n) is 7.54. The molecule has 1 saturated heterocycles. The minimum absolute atomic E-state index is 0.0338. The molecule has 2 unspecified atom stereocenters. The molecule has 12 heavy (non-hydrogen) atoms. The van der Waals surface area contributed by atoms with Crippen LogP contribution in [0.15, 0.2) is 0 Å². The van der Waals surface area contributed by atoms with Crippen LogP contribution in [0.25, 0.3) is 0 Å². The van der Waals surface area contributed by atoms with Crippen LogP contribution in [0.1, 0.15) is 32.1 Å². The molecule has 1 nitrogen and oxygen atoms in total. The molecule has 0 bridgehead atoms. The Bertz CT molecular complexity index is 139. The third-order valence-electron chi connectivity index (χ3n) is 3.31. The molecule has 1 aliphatic carbocycles. The van der Waals surface area contributed by atoms with Gasteiger partial charge in [0.05, 0.1) is 6.10 Å². The zero-order valence-corrected chi connectivity index (χ0v) is 8.35. The van der Waals surface area contributed by atoms with Crippen LogP contribution in [-0.4, -0.2) is 22.7 Å². The first-order valence-corrected chi connectivity index (χ1v) is 6.29. The Morgan fingerprint density at radius 3 is 2.33 bits per heavy atom. The highest BCUT2D eigenvalue weighted by molar-refractivity contribution is 7.99. The molecular weight excluding hydrogens is 168 g/mol. The largest absolute Gasteiger partial charge is 0.393 e. The highest BCUT2D eigenvalue weighted by Gasteiger charge is 2.32. The quantitative estimate of drug-likeness (QED) is 0.714. The van der Waals surface area contributed by atoms with E-state index < -0.39 is 0 Å². The molecular formula is C10H18OS. The van der Waals surface area contributed by atoms with E-state index in [-0.39, 0.29) is 6.10 Å². The molecule has 0 aromatic heterocycles. The van der Waals surface area contributed by atoms with E-state index in [1.54, 1.807) is 0 Å². The maximum absolute atomic E-state index is 9.98. The number of aliphatic hydroxyl groups excluding tert-OH is 1. The lowest BCUT2D eigenvalue weighted by molar-refractivity contribution is 0.0187. The molecule has 2 heteroatoms. The smallest absolute Gasteiger partial charge is 0.0604 e. The lowest BCUT2D eigenvalue weighted by atomic mass is 9.76. The number of aliphatic hydroxyl groups is 1. The van der Waals surface area contributed by atoms with Gasteiger partial charge in [-0.05, 0) is 49.0 Å². The SMILES string of the molecule is OC(C1CCC1)C1CCCSC1. The van der Waals surface area contributed by atoms with Gasteiger partial charge >= 0.3 is 0 Å². The van der Waals surface area contributed by atoms with Crippen LogP contribution >= 0.6 is 11.8 Å². The minimum Gasteiger partial charge on any atom is -0.393 e. The molecule has 70 valence electrons. The summed E-state index contributed by atoms with van der Waals surface area (Å²) >= 11 is 2.02. The van der Waals surface area contributed by atoms with Gasteiger partial charge in [-0.3, -0.25) is 0 Å². The molecule has 0 radical (unpaired) electrons. The first-order chi connectivity index (χ1) is 5.88. The molecule has 2 rings (SSSR count). The van der Waals surface area contributed by atoms with Gasteiger partial charge in [0.25, 0.3) is 0 Å². The molecule has 2 atom stereocenters. The predicted molar refractivity (Wildman–Crippen MR) is 53.4 cm³/mol. The van der Waals surface area contributed by atoms with Crippen molar-refractivity contribution >= 4 is 11.8 Å². The van der Waals surface area contributed by atoms with Gasteiger partial charge in [-0.2, -0.15) is 11.8 Å². The van der Waals surface area contributed by atoms with E-state index >= 15 is 0 Å². The number of rotatable bonds is 2. The maximum atomic E-state index is 9.98. The summed E-state index contributed by atoms with van der Waals surface area (Å²) in [6.45, 7) is 0. The number of hydrogen-bond acceptors (Lipinski definition) is 2. The van der Waals surface area contributed by atoms with E-state index in [1.807, 2.05) is 11.8 Å². The first-order valence-electron chi connectivity index (χ1n) is 5.14. The Kier molecular flexibility index (Phi) is 2.97. The normalized spacial score (nSPS) is 34.2. The average molecular weight is 186 g/mol. The first kappa shape index (κ1) is 8.89. The van der Waals surface area contributed by atoms with Crippen LogP contribution in [0.2, 0.25) is 0 Å². The Hall–Kier alpha value is 0.310. The second kappa shape index (κ2) is 4.01. The second-order valence-electron chi connectivity index (χ2n) is 4.16. The highest BCUT2D eigenvalue weighted by atomic mass is 32.2. The van der Waals surface area contributed by atoms with Crippen molar-refractivity contribution in [3.8, 4) is 0 Å². The topological polar surface area (TPSA) is 20.2 Å². The van der Waals surface area contributed by atoms with Crippen molar-refractivity contribution in [3.63, 3.8) is 0 Å². The molecule has 0 amide bonds. The van der Waals surface area contributed by atoms with Crippen LogP contribution < -0.4 is 0 Å². The average Bonchev–Trinajstić information content (AvgIpc) is 2.03. The van der Waals surface area contributed by atoms with Crippen LogP contribution in [-0.2, 0) is 0 Å². The zero-order chi connectivity index (χ0) is 8.39. The number of thioether (sulfide) groups is 1. The van der Waals surface area contributed by atoms with Crippen LogP contribution in [0.5, 0.6) is 0 Å². The Morgan fingerprint density at radius 1 is 1.08 bits per heavy atom. The molecule has 0 aromatic rings. The Labute approximate surface area is 78.9 Å². The summed E-state index contributed by atoms with van der Waals surface area (Å²) in [5.74, 6) is 3.80. The molecule has 1 saturated carbocycles. The van der Waals surface area contributed by atoms with Gasteiger partial charge in [-0.15, -0.1) is 0 Å².